The van der Waals surface area contributed by atoms with Gasteiger partial charge in [0.1, 0.15) is 5.75 Å². The Bertz CT molecular complexity index is 189. The molecule has 3 heteroatoms. The van der Waals surface area contributed by atoms with E-state index in [1.54, 1.807) is 24.3 Å². The highest BCUT2D eigenvalue weighted by Crippen LogP contribution is 2.02. The molecule has 1 aromatic rings. The Balaban J connectivity index is 0.000000127. The molecule has 12 heavy (non-hydrogen) atoms. The van der Waals surface area contributed by atoms with Gasteiger partial charge < -0.3 is 9.84 Å². The van der Waals surface area contributed by atoms with Crippen molar-refractivity contribution >= 4 is 0 Å². The van der Waals surface area contributed by atoms with Gasteiger partial charge in [0.2, 0.25) is 0 Å². The zero-order valence-electron chi connectivity index (χ0n) is 6.86. The van der Waals surface area contributed by atoms with Crippen LogP contribution in [0.3, 0.4) is 0 Å². The molecule has 0 aliphatic carbocycles. The van der Waals surface area contributed by atoms with Gasteiger partial charge in [0.25, 0.3) is 0 Å². The van der Waals surface area contributed by atoms with Crippen LogP contribution in [0.4, 0.5) is 0 Å². The van der Waals surface area contributed by atoms with Crippen LogP contribution in [-0.4, -0.2) is 25.0 Å². The largest absolute Gasteiger partial charge is 0.508 e. The third kappa shape index (κ3) is 3.95. The second kappa shape index (κ2) is 5.57. The second-order valence-electron chi connectivity index (χ2n) is 2.39. The van der Waals surface area contributed by atoms with E-state index in [-0.39, 0.29) is 0 Å². The van der Waals surface area contributed by atoms with Crippen molar-refractivity contribution in [2.45, 2.75) is 0 Å². The van der Waals surface area contributed by atoms with Crippen molar-refractivity contribution in [2.24, 2.45) is 0 Å². The van der Waals surface area contributed by atoms with Crippen LogP contribution in [0.25, 0.3) is 0 Å². The third-order valence-electron chi connectivity index (χ3n) is 1.38. The van der Waals surface area contributed by atoms with Gasteiger partial charge in [-0.1, -0.05) is 18.2 Å². The van der Waals surface area contributed by atoms with Crippen molar-refractivity contribution in [3.63, 3.8) is 0 Å². The minimum atomic E-state index is 0.322. The van der Waals surface area contributed by atoms with Crippen molar-refractivity contribution in [3.8, 4) is 5.75 Å². The molecule has 2 N–H and O–H groups in total. The molecule has 0 amide bonds. The first-order chi connectivity index (χ1) is 5.89. The van der Waals surface area contributed by atoms with Gasteiger partial charge in [-0.15, -0.1) is 0 Å². The number of nitrogens with one attached hydrogen (secondary N) is 1. The number of phenols is 1. The van der Waals surface area contributed by atoms with Crippen LogP contribution in [0.1, 0.15) is 0 Å². The molecule has 1 fully saturated rings. The summed E-state index contributed by atoms with van der Waals surface area (Å²) >= 11 is 0. The van der Waals surface area contributed by atoms with E-state index >= 15 is 0 Å². The first-order valence-electron chi connectivity index (χ1n) is 3.92. The number of benzene rings is 1. The van der Waals surface area contributed by atoms with Crippen molar-refractivity contribution in [2.75, 3.05) is 19.9 Å². The fourth-order valence-electron chi connectivity index (χ4n) is 0.789. The number of hydrogen-bond donors (Lipinski definition) is 2. The van der Waals surface area contributed by atoms with Crippen molar-refractivity contribution < 1.29 is 9.84 Å². The minimum absolute atomic E-state index is 0.322. The Morgan fingerprint density at radius 3 is 2.25 bits per heavy atom. The molecule has 0 unspecified atom stereocenters. The average molecular weight is 167 g/mol. The van der Waals surface area contributed by atoms with Crippen LogP contribution >= 0.6 is 0 Å². The lowest BCUT2D eigenvalue weighted by Gasteiger charge is -1.82. The molecule has 2 rings (SSSR count). The maximum absolute atomic E-state index is 8.63. The molecule has 0 radical (unpaired) electrons. The first-order valence-corrected chi connectivity index (χ1v) is 3.92. The summed E-state index contributed by atoms with van der Waals surface area (Å²) in [6.07, 6.45) is 0. The molecule has 0 spiro atoms. The average Bonchev–Trinajstić information content (AvgIpc) is 2.62. The normalized spacial score (nSPS) is 15.0. The Labute approximate surface area is 72.0 Å². The summed E-state index contributed by atoms with van der Waals surface area (Å²) in [6, 6.07) is 8.71. The van der Waals surface area contributed by atoms with Crippen LogP contribution in [0.15, 0.2) is 30.3 Å². The third-order valence-corrected chi connectivity index (χ3v) is 1.38. The van der Waals surface area contributed by atoms with E-state index in [2.05, 4.69) is 5.32 Å². The topological polar surface area (TPSA) is 41.5 Å². The van der Waals surface area contributed by atoms with Gasteiger partial charge in [-0.3, -0.25) is 5.32 Å². The molecular weight excluding hydrogens is 154 g/mol. The number of aromatic hydroxyl groups is 1. The molecule has 3 nitrogen and oxygen atoms in total. The van der Waals surface area contributed by atoms with Gasteiger partial charge in [-0.05, 0) is 12.1 Å². The minimum Gasteiger partial charge on any atom is -0.508 e. The van der Waals surface area contributed by atoms with Crippen LogP contribution in [0, 0.1) is 0 Å². The summed E-state index contributed by atoms with van der Waals surface area (Å²) in [5.74, 6) is 0.322. The van der Waals surface area contributed by atoms with E-state index in [4.69, 9.17) is 9.84 Å². The van der Waals surface area contributed by atoms with E-state index in [9.17, 15) is 0 Å². The molecule has 1 aromatic carbocycles. The molecule has 0 aromatic heterocycles. The van der Waals surface area contributed by atoms with Gasteiger partial charge in [0.05, 0.1) is 13.3 Å². The van der Waals surface area contributed by atoms with Gasteiger partial charge in [0.15, 0.2) is 0 Å². The molecule has 1 saturated heterocycles. The standard InChI is InChI=1S/C6H6O.C3H7NO/c7-6-4-2-1-3-5-6;1-2-5-3-4-1/h1-5,7H;4H,1-3H2. The van der Waals surface area contributed by atoms with Crippen LogP contribution in [0.5, 0.6) is 5.75 Å². The fourth-order valence-corrected chi connectivity index (χ4v) is 0.789. The second-order valence-corrected chi connectivity index (χ2v) is 2.39. The van der Waals surface area contributed by atoms with E-state index in [0.29, 0.717) is 5.75 Å². The molecule has 1 aliphatic rings. The lowest BCUT2D eigenvalue weighted by molar-refractivity contribution is 0.194. The van der Waals surface area contributed by atoms with Gasteiger partial charge in [-0.2, -0.15) is 0 Å². The van der Waals surface area contributed by atoms with Gasteiger partial charge in [0, 0.05) is 6.54 Å². The molecular formula is C9H13NO2. The summed E-state index contributed by atoms with van der Waals surface area (Å²) in [6.45, 7) is 2.67. The van der Waals surface area contributed by atoms with Gasteiger partial charge >= 0.3 is 0 Å². The Kier molecular flexibility index (Phi) is 4.19. The lowest BCUT2D eigenvalue weighted by atomic mass is 10.3. The van der Waals surface area contributed by atoms with Crippen LogP contribution < -0.4 is 5.32 Å². The highest BCUT2D eigenvalue weighted by Gasteiger charge is 1.92. The van der Waals surface area contributed by atoms with Crippen molar-refractivity contribution in [1.29, 1.82) is 0 Å². The van der Waals surface area contributed by atoms with Gasteiger partial charge in [-0.25, -0.2) is 0 Å². The maximum atomic E-state index is 8.63. The number of rotatable bonds is 0. The molecule has 0 bridgehead atoms. The maximum Gasteiger partial charge on any atom is 0.115 e. The molecule has 0 saturated carbocycles. The Hall–Kier alpha value is -1.06. The highest BCUT2D eigenvalue weighted by atomic mass is 16.5. The number of ether oxygens (including phenoxy) is 1. The lowest BCUT2D eigenvalue weighted by Crippen LogP contribution is -2.05. The smallest absolute Gasteiger partial charge is 0.115 e. The molecule has 0 atom stereocenters. The van der Waals surface area contributed by atoms with Crippen molar-refractivity contribution in [3.05, 3.63) is 30.3 Å². The molecule has 1 aliphatic heterocycles. The first kappa shape index (κ1) is 9.03. The van der Waals surface area contributed by atoms with Crippen LogP contribution in [0.2, 0.25) is 0 Å². The van der Waals surface area contributed by atoms with E-state index < -0.39 is 0 Å². The summed E-state index contributed by atoms with van der Waals surface area (Å²) in [5, 5.41) is 11.6. The highest BCUT2D eigenvalue weighted by molar-refractivity contribution is 5.18. The Morgan fingerprint density at radius 2 is 2.00 bits per heavy atom. The van der Waals surface area contributed by atoms with E-state index in [1.165, 1.54) is 0 Å². The summed E-state index contributed by atoms with van der Waals surface area (Å²) < 4.78 is 4.83. The fraction of sp³-hybridized carbons (Fsp3) is 0.333. The number of hydrogen-bond acceptors (Lipinski definition) is 3. The predicted molar refractivity (Wildman–Crippen MR) is 46.9 cm³/mol. The summed E-state index contributed by atoms with van der Waals surface area (Å²) in [5.41, 5.74) is 0. The monoisotopic (exact) mass is 167 g/mol. The zero-order chi connectivity index (χ0) is 8.65. The predicted octanol–water partition coefficient (Wildman–Crippen LogP) is 0.956. The Morgan fingerprint density at radius 1 is 1.25 bits per heavy atom. The molecule has 1 heterocycles. The van der Waals surface area contributed by atoms with E-state index in [0.717, 1.165) is 19.9 Å². The quantitative estimate of drug-likeness (QED) is 0.604. The van der Waals surface area contributed by atoms with Crippen LogP contribution in [-0.2, 0) is 4.74 Å². The number of para-hydroxylation sites is 1. The SMILES string of the molecule is C1COCN1.Oc1ccccc1. The summed E-state index contributed by atoms with van der Waals surface area (Å²) in [4.78, 5) is 0. The number of phenolic OH excluding ortho intramolecular Hbond substituents is 1. The zero-order valence-corrected chi connectivity index (χ0v) is 6.86. The van der Waals surface area contributed by atoms with Crippen molar-refractivity contribution in [1.82, 2.24) is 5.32 Å². The van der Waals surface area contributed by atoms with E-state index in [1.807, 2.05) is 6.07 Å². The summed E-state index contributed by atoms with van der Waals surface area (Å²) in [7, 11) is 0. The molecule has 66 valence electrons.